The van der Waals surface area contributed by atoms with Gasteiger partial charge in [-0.15, -0.1) is 0 Å². The molecule has 1 heterocycles. The zero-order valence-corrected chi connectivity index (χ0v) is 13.3. The van der Waals surface area contributed by atoms with Gasteiger partial charge in [0.05, 0.1) is 13.2 Å². The Morgan fingerprint density at radius 3 is 2.57 bits per heavy atom. The summed E-state index contributed by atoms with van der Waals surface area (Å²) in [4.78, 5) is 25.5. The maximum atomic E-state index is 12.3. The summed E-state index contributed by atoms with van der Waals surface area (Å²) >= 11 is 0. The van der Waals surface area contributed by atoms with Crippen molar-refractivity contribution in [3.05, 3.63) is 41.7 Å². The second-order valence-corrected chi connectivity index (χ2v) is 4.99. The Kier molecular flexibility index (Phi) is 5.35. The van der Waals surface area contributed by atoms with E-state index in [2.05, 4.69) is 10.5 Å². The van der Waals surface area contributed by atoms with Crippen molar-refractivity contribution in [3.8, 4) is 5.75 Å². The maximum Gasteiger partial charge on any atom is 0.254 e. The highest BCUT2D eigenvalue weighted by atomic mass is 16.5. The number of carbonyl (C=O) groups excluding carboxylic acids is 2. The first-order valence-electron chi connectivity index (χ1n) is 7.21. The van der Waals surface area contributed by atoms with Gasteiger partial charge in [0.1, 0.15) is 11.5 Å². The molecule has 7 heteroatoms. The molecule has 122 valence electrons. The number of nitrogens with zero attached hydrogens (tertiary/aromatic N) is 2. The number of nitrogens with one attached hydrogen (secondary N) is 1. The lowest BCUT2D eigenvalue weighted by Gasteiger charge is -2.16. The Hall–Kier alpha value is -2.83. The van der Waals surface area contributed by atoms with Gasteiger partial charge in [0.2, 0.25) is 5.91 Å². The summed E-state index contributed by atoms with van der Waals surface area (Å²) < 4.78 is 10.2. The number of amides is 2. The molecule has 0 unspecified atom stereocenters. The number of benzene rings is 1. The normalized spacial score (nSPS) is 10.2. The van der Waals surface area contributed by atoms with E-state index in [1.165, 1.54) is 4.90 Å². The quantitative estimate of drug-likeness (QED) is 0.882. The molecule has 0 spiro atoms. The molecule has 0 saturated heterocycles. The zero-order chi connectivity index (χ0) is 16.8. The summed E-state index contributed by atoms with van der Waals surface area (Å²) in [6.07, 6.45) is 0. The first kappa shape index (κ1) is 16.5. The number of aryl methyl sites for hydroxylation is 1. The molecular weight excluding hydrogens is 298 g/mol. The van der Waals surface area contributed by atoms with Crippen molar-refractivity contribution in [1.82, 2.24) is 10.1 Å². The van der Waals surface area contributed by atoms with Crippen LogP contribution < -0.4 is 10.1 Å². The highest BCUT2D eigenvalue weighted by Gasteiger charge is 2.16. The van der Waals surface area contributed by atoms with Crippen LogP contribution in [-0.4, -0.2) is 42.1 Å². The molecule has 1 aromatic heterocycles. The molecule has 0 saturated carbocycles. The van der Waals surface area contributed by atoms with Gasteiger partial charge in [-0.3, -0.25) is 9.59 Å². The number of rotatable bonds is 6. The minimum Gasteiger partial charge on any atom is -0.494 e. The summed E-state index contributed by atoms with van der Waals surface area (Å²) in [5.41, 5.74) is 0.487. The van der Waals surface area contributed by atoms with Crippen molar-refractivity contribution in [2.75, 3.05) is 25.5 Å². The van der Waals surface area contributed by atoms with Gasteiger partial charge < -0.3 is 19.5 Å². The fraction of sp³-hybridized carbons (Fsp3) is 0.312. The predicted octanol–water partition coefficient (Wildman–Crippen LogP) is 2.09. The SMILES string of the molecule is CCOc1ccc(C(=O)N(C)CC(=O)Nc2cc(C)on2)cc1. The maximum absolute atomic E-state index is 12.3. The van der Waals surface area contributed by atoms with Crippen LogP contribution in [-0.2, 0) is 4.79 Å². The average molecular weight is 317 g/mol. The number of hydrogen-bond donors (Lipinski definition) is 1. The van der Waals surface area contributed by atoms with Gasteiger partial charge in [-0.2, -0.15) is 0 Å². The van der Waals surface area contributed by atoms with Crippen molar-refractivity contribution in [3.63, 3.8) is 0 Å². The molecule has 0 atom stereocenters. The third kappa shape index (κ3) is 4.57. The molecule has 0 aliphatic carbocycles. The van der Waals surface area contributed by atoms with Crippen LogP contribution in [0.4, 0.5) is 5.82 Å². The molecule has 2 amide bonds. The molecule has 0 radical (unpaired) electrons. The van der Waals surface area contributed by atoms with Crippen molar-refractivity contribution < 1.29 is 18.8 Å². The van der Waals surface area contributed by atoms with E-state index in [-0.39, 0.29) is 18.4 Å². The van der Waals surface area contributed by atoms with Gasteiger partial charge in [-0.1, -0.05) is 5.16 Å². The minimum absolute atomic E-state index is 0.0854. The smallest absolute Gasteiger partial charge is 0.254 e. The van der Waals surface area contributed by atoms with Gasteiger partial charge >= 0.3 is 0 Å². The molecule has 1 N–H and O–H groups in total. The van der Waals surface area contributed by atoms with Crippen LogP contribution in [0, 0.1) is 6.92 Å². The molecule has 2 aromatic rings. The van der Waals surface area contributed by atoms with Gasteiger partial charge in [-0.05, 0) is 38.1 Å². The molecule has 0 aliphatic heterocycles. The van der Waals surface area contributed by atoms with Crippen LogP contribution in [0.25, 0.3) is 0 Å². The summed E-state index contributed by atoms with van der Waals surface area (Å²) in [5.74, 6) is 1.03. The second kappa shape index (κ2) is 7.44. The highest BCUT2D eigenvalue weighted by molar-refractivity contribution is 5.98. The summed E-state index contributed by atoms with van der Waals surface area (Å²) in [7, 11) is 1.56. The minimum atomic E-state index is -0.347. The lowest BCUT2D eigenvalue weighted by Crippen LogP contribution is -2.34. The topological polar surface area (TPSA) is 84.7 Å². The molecule has 0 fully saturated rings. The molecule has 1 aromatic carbocycles. The Morgan fingerprint density at radius 2 is 2.00 bits per heavy atom. The Labute approximate surface area is 134 Å². The third-order valence-electron chi connectivity index (χ3n) is 3.04. The largest absolute Gasteiger partial charge is 0.494 e. The lowest BCUT2D eigenvalue weighted by atomic mass is 10.2. The van der Waals surface area contributed by atoms with E-state index >= 15 is 0 Å². The first-order chi connectivity index (χ1) is 11.0. The molecule has 23 heavy (non-hydrogen) atoms. The average Bonchev–Trinajstić information content (AvgIpc) is 2.92. The second-order valence-electron chi connectivity index (χ2n) is 4.99. The molecule has 0 bridgehead atoms. The Balaban J connectivity index is 1.92. The van der Waals surface area contributed by atoms with E-state index in [4.69, 9.17) is 9.26 Å². The number of anilines is 1. The van der Waals surface area contributed by atoms with Gasteiger partial charge in [-0.25, -0.2) is 0 Å². The van der Waals surface area contributed by atoms with Crippen LogP contribution in [0.15, 0.2) is 34.9 Å². The van der Waals surface area contributed by atoms with Gasteiger partial charge in [0.25, 0.3) is 5.91 Å². The number of hydrogen-bond acceptors (Lipinski definition) is 5. The monoisotopic (exact) mass is 317 g/mol. The first-order valence-corrected chi connectivity index (χ1v) is 7.21. The summed E-state index contributed by atoms with van der Waals surface area (Å²) in [5, 5.41) is 6.24. The van der Waals surface area contributed by atoms with Crippen molar-refractivity contribution in [2.24, 2.45) is 0 Å². The highest BCUT2D eigenvalue weighted by Crippen LogP contribution is 2.13. The van der Waals surface area contributed by atoms with E-state index in [9.17, 15) is 9.59 Å². The standard InChI is InChI=1S/C16H19N3O4/c1-4-22-13-7-5-12(6-8-13)16(21)19(3)10-15(20)17-14-9-11(2)23-18-14/h5-9H,4,10H2,1-3H3,(H,17,18,20). The summed E-state index contributed by atoms with van der Waals surface area (Å²) in [6, 6.07) is 8.39. The Bertz CT molecular complexity index is 679. The van der Waals surface area contributed by atoms with Crippen LogP contribution in [0.5, 0.6) is 5.75 Å². The number of likely N-dealkylation sites (N-methyl/N-ethyl adjacent to an activating group) is 1. The number of ether oxygens (including phenoxy) is 1. The van der Waals surface area contributed by atoms with Gasteiger partial charge in [0, 0.05) is 18.7 Å². The number of aromatic nitrogens is 1. The van der Waals surface area contributed by atoms with Crippen LogP contribution in [0.2, 0.25) is 0 Å². The third-order valence-corrected chi connectivity index (χ3v) is 3.04. The fourth-order valence-corrected chi connectivity index (χ4v) is 1.98. The molecule has 0 aliphatic rings. The molecule has 7 nitrogen and oxygen atoms in total. The van der Waals surface area contributed by atoms with Gasteiger partial charge in [0.15, 0.2) is 5.82 Å². The zero-order valence-electron chi connectivity index (χ0n) is 13.3. The van der Waals surface area contributed by atoms with E-state index in [1.54, 1.807) is 44.3 Å². The van der Waals surface area contributed by atoms with Crippen molar-refractivity contribution in [1.29, 1.82) is 0 Å². The summed E-state index contributed by atoms with van der Waals surface area (Å²) in [6.45, 7) is 4.10. The Morgan fingerprint density at radius 1 is 1.30 bits per heavy atom. The van der Waals surface area contributed by atoms with Crippen LogP contribution >= 0.6 is 0 Å². The fourth-order valence-electron chi connectivity index (χ4n) is 1.98. The molecule has 2 rings (SSSR count). The number of carbonyl (C=O) groups is 2. The van der Waals surface area contributed by atoms with Crippen LogP contribution in [0.3, 0.4) is 0 Å². The van der Waals surface area contributed by atoms with E-state index in [0.717, 1.165) is 0 Å². The van der Waals surface area contributed by atoms with Crippen LogP contribution in [0.1, 0.15) is 23.0 Å². The molecular formula is C16H19N3O4. The lowest BCUT2D eigenvalue weighted by molar-refractivity contribution is -0.116. The van der Waals surface area contributed by atoms with E-state index in [1.807, 2.05) is 6.92 Å². The van der Waals surface area contributed by atoms with E-state index in [0.29, 0.717) is 29.5 Å². The predicted molar refractivity (Wildman–Crippen MR) is 84.4 cm³/mol. The van der Waals surface area contributed by atoms with E-state index < -0.39 is 0 Å². The van der Waals surface area contributed by atoms with Crippen molar-refractivity contribution >= 4 is 17.6 Å². The van der Waals surface area contributed by atoms with Crippen molar-refractivity contribution in [2.45, 2.75) is 13.8 Å².